The molecule has 2 heterocycles. The molecule has 1 amide bonds. The van der Waals surface area contributed by atoms with Crippen molar-refractivity contribution in [2.24, 2.45) is 0 Å². The van der Waals surface area contributed by atoms with E-state index in [-0.39, 0.29) is 12.5 Å². The summed E-state index contributed by atoms with van der Waals surface area (Å²) in [5.74, 6) is 1.73. The van der Waals surface area contributed by atoms with E-state index in [1.54, 1.807) is 6.07 Å². The van der Waals surface area contributed by atoms with Crippen molar-refractivity contribution < 1.29 is 9.53 Å². The maximum absolute atomic E-state index is 12.6. The van der Waals surface area contributed by atoms with Gasteiger partial charge >= 0.3 is 0 Å². The fraction of sp³-hybridized carbons (Fsp3) is 0.214. The zero-order valence-electron chi connectivity index (χ0n) is 20.6. The predicted molar refractivity (Wildman–Crippen MR) is 147 cm³/mol. The van der Waals surface area contributed by atoms with Crippen LogP contribution in [0.2, 0.25) is 0 Å². The molecule has 5 rings (SSSR count). The third-order valence-electron chi connectivity index (χ3n) is 6.42. The summed E-state index contributed by atoms with van der Waals surface area (Å²) >= 11 is 0. The number of amides is 1. The molecular weight excluding hydrogens is 466 g/mol. The number of nitrogens with one attached hydrogen (secondary N) is 2. The summed E-state index contributed by atoms with van der Waals surface area (Å²) in [6.07, 6.45) is 1.23. The molecule has 0 atom stereocenters. The third kappa shape index (κ3) is 5.52. The number of carbonyl (C=O) groups is 1. The maximum atomic E-state index is 12.6. The minimum Gasteiger partial charge on any atom is -0.484 e. The minimum absolute atomic E-state index is 0.00889. The van der Waals surface area contributed by atoms with Crippen LogP contribution in [-0.4, -0.2) is 71.7 Å². The number of piperazine rings is 1. The number of fused-ring (bicyclic) bond motifs is 1. The van der Waals surface area contributed by atoms with Crippen LogP contribution >= 0.6 is 0 Å². The fourth-order valence-electron chi connectivity index (χ4n) is 4.23. The summed E-state index contributed by atoms with van der Waals surface area (Å²) in [5, 5.41) is 11.8. The second kappa shape index (κ2) is 10.6. The van der Waals surface area contributed by atoms with E-state index in [1.165, 1.54) is 6.21 Å². The summed E-state index contributed by atoms with van der Waals surface area (Å²) in [7, 11) is 2.06. The van der Waals surface area contributed by atoms with Crippen LogP contribution in [0.15, 0.2) is 66.7 Å². The number of rotatable bonds is 7. The number of likely N-dealkylation sites (N-methyl/N-ethyl adjacent to an activating group) is 1. The number of ether oxygens (including phenoxy) is 1. The highest BCUT2D eigenvalue weighted by atomic mass is 16.5. The highest BCUT2D eigenvalue weighted by Gasteiger charge is 2.19. The van der Waals surface area contributed by atoms with Crippen LogP contribution in [0.3, 0.4) is 0 Å². The number of hydrogen-bond donors (Lipinski definition) is 3. The lowest BCUT2D eigenvalue weighted by Gasteiger charge is -2.32. The number of carbonyl (C=O) groups excluding carboxylic acids is 1. The van der Waals surface area contributed by atoms with Gasteiger partial charge in [-0.25, -0.2) is 9.97 Å². The molecule has 1 aliphatic rings. The Morgan fingerprint density at radius 3 is 2.68 bits per heavy atom. The van der Waals surface area contributed by atoms with Gasteiger partial charge in [-0.15, -0.1) is 0 Å². The van der Waals surface area contributed by atoms with Crippen LogP contribution in [0.25, 0.3) is 22.3 Å². The van der Waals surface area contributed by atoms with E-state index >= 15 is 0 Å². The molecule has 0 bridgehead atoms. The number of anilines is 3. The first kappa shape index (κ1) is 24.2. The Morgan fingerprint density at radius 2 is 1.86 bits per heavy atom. The number of nitrogens with two attached hydrogens (primary N) is 1. The van der Waals surface area contributed by atoms with Crippen molar-refractivity contribution in [3.8, 4) is 17.1 Å². The lowest BCUT2D eigenvalue weighted by Crippen LogP contribution is -2.48. The molecule has 9 nitrogen and oxygen atoms in total. The third-order valence-corrected chi connectivity index (χ3v) is 6.42. The van der Waals surface area contributed by atoms with Gasteiger partial charge in [-0.05, 0) is 49.5 Å². The molecule has 9 heteroatoms. The van der Waals surface area contributed by atoms with Crippen LogP contribution in [0.5, 0.6) is 5.75 Å². The molecule has 188 valence electrons. The first-order valence-electron chi connectivity index (χ1n) is 12.1. The topological polar surface area (TPSA) is 120 Å². The van der Waals surface area contributed by atoms with E-state index < -0.39 is 0 Å². The van der Waals surface area contributed by atoms with Gasteiger partial charge in [0.25, 0.3) is 5.91 Å². The fourth-order valence-corrected chi connectivity index (χ4v) is 4.23. The number of para-hydroxylation sites is 1. The lowest BCUT2D eigenvalue weighted by atomic mass is 10.1. The van der Waals surface area contributed by atoms with Crippen LogP contribution in [0, 0.1) is 5.41 Å². The van der Waals surface area contributed by atoms with Crippen LogP contribution in [-0.2, 0) is 4.79 Å². The number of nitrogen functional groups attached to an aromatic ring is 1. The SMILES string of the molecule is CN1CCN(C(=O)COc2cccc(-c3nc(Nc4ccc(N)c(C=N)c4)c4ccccc4n3)c2)CC1. The molecule has 1 saturated heterocycles. The summed E-state index contributed by atoms with van der Waals surface area (Å²) in [6.45, 7) is 3.17. The van der Waals surface area contributed by atoms with Gasteiger partial charge in [0, 0.05) is 60.3 Å². The van der Waals surface area contributed by atoms with Crippen molar-refractivity contribution in [3.05, 3.63) is 72.3 Å². The van der Waals surface area contributed by atoms with Crippen molar-refractivity contribution >= 4 is 40.2 Å². The molecule has 4 N–H and O–H groups in total. The Kier molecular flexibility index (Phi) is 6.96. The number of hydrogen-bond acceptors (Lipinski definition) is 8. The molecule has 3 aromatic carbocycles. The zero-order valence-corrected chi connectivity index (χ0v) is 20.6. The van der Waals surface area contributed by atoms with Crippen molar-refractivity contribution in [1.82, 2.24) is 19.8 Å². The Hall–Kier alpha value is -4.50. The summed E-state index contributed by atoms with van der Waals surface area (Å²) in [4.78, 5) is 26.2. The van der Waals surface area contributed by atoms with Gasteiger partial charge in [0.1, 0.15) is 11.6 Å². The molecular formula is C28H29N7O2. The summed E-state index contributed by atoms with van der Waals surface area (Å²) < 4.78 is 5.85. The van der Waals surface area contributed by atoms with Gasteiger partial charge in [0.15, 0.2) is 12.4 Å². The largest absolute Gasteiger partial charge is 0.484 e. The molecule has 1 fully saturated rings. The Bertz CT molecular complexity index is 1450. The first-order valence-corrected chi connectivity index (χ1v) is 12.1. The number of aromatic nitrogens is 2. The average Bonchev–Trinajstić information content (AvgIpc) is 2.93. The second-order valence-electron chi connectivity index (χ2n) is 9.03. The van der Waals surface area contributed by atoms with Crippen molar-refractivity contribution in [2.45, 2.75) is 0 Å². The summed E-state index contributed by atoms with van der Waals surface area (Å²) in [6, 6.07) is 20.7. The van der Waals surface area contributed by atoms with Crippen LogP contribution in [0.1, 0.15) is 5.56 Å². The van der Waals surface area contributed by atoms with Gasteiger partial charge in [-0.1, -0.05) is 24.3 Å². The number of benzene rings is 3. The van der Waals surface area contributed by atoms with Gasteiger partial charge in [-0.2, -0.15) is 0 Å². The van der Waals surface area contributed by atoms with E-state index in [2.05, 4.69) is 17.3 Å². The highest BCUT2D eigenvalue weighted by Crippen LogP contribution is 2.29. The van der Waals surface area contributed by atoms with Crippen LogP contribution in [0.4, 0.5) is 17.2 Å². The van der Waals surface area contributed by atoms with Crippen molar-refractivity contribution in [2.75, 3.05) is 50.9 Å². The average molecular weight is 496 g/mol. The Labute approximate surface area is 215 Å². The standard InChI is InChI=1S/C28H29N7O2/c1-34-11-13-35(14-12-34)26(36)18-37-22-6-4-5-19(16-22)27-32-25-8-3-2-7-23(25)28(33-27)31-21-9-10-24(30)20(15-21)17-29/h2-10,15-17,29H,11-14,18,30H2,1H3,(H,31,32,33). The predicted octanol–water partition coefficient (Wildman–Crippen LogP) is 3.77. The molecule has 0 aliphatic carbocycles. The zero-order chi connectivity index (χ0) is 25.8. The molecule has 0 spiro atoms. The Balaban J connectivity index is 1.39. The number of nitrogens with zero attached hydrogens (tertiary/aromatic N) is 4. The second-order valence-corrected chi connectivity index (χ2v) is 9.03. The van der Waals surface area contributed by atoms with E-state index in [0.29, 0.717) is 28.6 Å². The van der Waals surface area contributed by atoms with Gasteiger partial charge in [0.2, 0.25) is 0 Å². The maximum Gasteiger partial charge on any atom is 0.260 e. The molecule has 37 heavy (non-hydrogen) atoms. The Morgan fingerprint density at radius 1 is 1.05 bits per heavy atom. The van der Waals surface area contributed by atoms with E-state index in [0.717, 1.165) is 48.3 Å². The first-order chi connectivity index (χ1) is 18.0. The van der Waals surface area contributed by atoms with Crippen molar-refractivity contribution in [1.29, 1.82) is 5.41 Å². The van der Waals surface area contributed by atoms with E-state index in [9.17, 15) is 4.79 Å². The highest BCUT2D eigenvalue weighted by molar-refractivity contribution is 5.93. The van der Waals surface area contributed by atoms with Gasteiger partial charge in [-0.3, -0.25) is 4.79 Å². The summed E-state index contributed by atoms with van der Waals surface area (Å²) in [5.41, 5.74) is 9.44. The quantitative estimate of drug-likeness (QED) is 0.264. The molecule has 0 radical (unpaired) electrons. The van der Waals surface area contributed by atoms with Gasteiger partial charge < -0.3 is 31.0 Å². The molecule has 0 saturated carbocycles. The van der Waals surface area contributed by atoms with Gasteiger partial charge in [0.05, 0.1) is 5.52 Å². The lowest BCUT2D eigenvalue weighted by molar-refractivity contribution is -0.134. The molecule has 4 aromatic rings. The molecule has 0 unspecified atom stereocenters. The monoisotopic (exact) mass is 495 g/mol. The molecule has 1 aliphatic heterocycles. The van der Waals surface area contributed by atoms with Crippen molar-refractivity contribution in [3.63, 3.8) is 0 Å². The van der Waals surface area contributed by atoms with E-state index in [1.807, 2.05) is 65.6 Å². The van der Waals surface area contributed by atoms with Crippen LogP contribution < -0.4 is 15.8 Å². The molecule has 1 aromatic heterocycles. The normalized spacial score (nSPS) is 13.9. The smallest absolute Gasteiger partial charge is 0.260 e. The minimum atomic E-state index is -0.0141. The van der Waals surface area contributed by atoms with E-state index in [4.69, 9.17) is 25.8 Å².